The van der Waals surface area contributed by atoms with Gasteiger partial charge in [0.25, 0.3) is 5.56 Å². The minimum Gasteiger partial charge on any atom is -0.391 e. The van der Waals surface area contributed by atoms with Gasteiger partial charge in [0, 0.05) is 25.2 Å². The van der Waals surface area contributed by atoms with Crippen molar-refractivity contribution < 1.29 is 0 Å². The second kappa shape index (κ2) is 5.39. The van der Waals surface area contributed by atoms with Crippen molar-refractivity contribution in [1.82, 2.24) is 15.3 Å². The first-order chi connectivity index (χ1) is 8.67. The Morgan fingerprint density at radius 3 is 2.94 bits per heavy atom. The predicted molar refractivity (Wildman–Crippen MR) is 72.8 cm³/mol. The molecule has 6 nitrogen and oxygen atoms in total. The molecule has 2 rings (SSSR count). The van der Waals surface area contributed by atoms with E-state index in [0.29, 0.717) is 17.9 Å². The first kappa shape index (κ1) is 12.9. The van der Waals surface area contributed by atoms with E-state index in [9.17, 15) is 4.79 Å². The van der Waals surface area contributed by atoms with Crippen LogP contribution >= 0.6 is 0 Å². The lowest BCUT2D eigenvalue weighted by Crippen LogP contribution is -2.56. The van der Waals surface area contributed by atoms with Gasteiger partial charge in [0.15, 0.2) is 5.82 Å². The maximum atomic E-state index is 11.6. The lowest BCUT2D eigenvalue weighted by molar-refractivity contribution is 0.377. The molecule has 1 saturated heterocycles. The van der Waals surface area contributed by atoms with Crippen LogP contribution in [0.25, 0.3) is 0 Å². The Hall–Kier alpha value is -1.56. The largest absolute Gasteiger partial charge is 0.391 e. The second-order valence-corrected chi connectivity index (χ2v) is 4.70. The van der Waals surface area contributed by atoms with E-state index in [1.165, 1.54) is 6.33 Å². The summed E-state index contributed by atoms with van der Waals surface area (Å²) in [6.07, 6.45) is 3.47. The van der Waals surface area contributed by atoms with Crippen molar-refractivity contribution in [2.24, 2.45) is 0 Å². The Balaban J connectivity index is 2.32. The first-order valence-corrected chi connectivity index (χ1v) is 6.50. The van der Waals surface area contributed by atoms with Gasteiger partial charge >= 0.3 is 0 Å². The molecule has 0 amide bonds. The van der Waals surface area contributed by atoms with Crippen LogP contribution in [-0.4, -0.2) is 35.1 Å². The van der Waals surface area contributed by atoms with Crippen LogP contribution in [-0.2, 0) is 0 Å². The highest BCUT2D eigenvalue weighted by Gasteiger charge is 2.28. The minimum atomic E-state index is -0.263. The molecule has 18 heavy (non-hydrogen) atoms. The van der Waals surface area contributed by atoms with Crippen molar-refractivity contribution in [2.75, 3.05) is 23.7 Å². The topological polar surface area (TPSA) is 87.0 Å². The number of hydrogen-bond donors (Lipinski definition) is 3. The molecular formula is C12H21N5O. The van der Waals surface area contributed by atoms with Crippen molar-refractivity contribution >= 4 is 11.5 Å². The average molecular weight is 251 g/mol. The summed E-state index contributed by atoms with van der Waals surface area (Å²) in [5.41, 5.74) is 5.80. The second-order valence-electron chi connectivity index (χ2n) is 4.70. The quantitative estimate of drug-likeness (QED) is 0.720. The number of nitrogens with one attached hydrogen (secondary N) is 2. The highest BCUT2D eigenvalue weighted by molar-refractivity contribution is 5.61. The summed E-state index contributed by atoms with van der Waals surface area (Å²) in [4.78, 5) is 20.5. The molecule has 1 aliphatic rings. The van der Waals surface area contributed by atoms with E-state index >= 15 is 0 Å². The third-order valence-electron chi connectivity index (χ3n) is 3.60. The van der Waals surface area contributed by atoms with Crippen molar-refractivity contribution in [3.8, 4) is 0 Å². The van der Waals surface area contributed by atoms with E-state index in [1.54, 1.807) is 0 Å². The molecule has 1 aromatic heterocycles. The van der Waals surface area contributed by atoms with Crippen LogP contribution in [0, 0.1) is 0 Å². The number of nitrogens with two attached hydrogens (primary N) is 1. The van der Waals surface area contributed by atoms with Crippen molar-refractivity contribution in [3.05, 3.63) is 16.7 Å². The van der Waals surface area contributed by atoms with Crippen molar-refractivity contribution in [3.63, 3.8) is 0 Å². The van der Waals surface area contributed by atoms with Crippen LogP contribution in [0.4, 0.5) is 11.5 Å². The summed E-state index contributed by atoms with van der Waals surface area (Å²) in [5.74, 6) is 0.616. The van der Waals surface area contributed by atoms with Crippen molar-refractivity contribution in [2.45, 2.75) is 38.8 Å². The Morgan fingerprint density at radius 1 is 1.50 bits per heavy atom. The van der Waals surface area contributed by atoms with Gasteiger partial charge in [0.2, 0.25) is 0 Å². The zero-order chi connectivity index (χ0) is 13.1. The number of aromatic amines is 1. The number of hydrogen-bond acceptors (Lipinski definition) is 5. The molecule has 0 aromatic carbocycles. The normalized spacial score (nSPS) is 24.2. The summed E-state index contributed by atoms with van der Waals surface area (Å²) >= 11 is 0. The highest BCUT2D eigenvalue weighted by Crippen LogP contribution is 2.22. The van der Waals surface area contributed by atoms with Crippen LogP contribution in [0.15, 0.2) is 11.1 Å². The molecule has 4 N–H and O–H groups in total. The Bertz CT molecular complexity index is 458. The van der Waals surface area contributed by atoms with Gasteiger partial charge in [0.05, 0.1) is 6.33 Å². The highest BCUT2D eigenvalue weighted by atomic mass is 16.1. The molecule has 2 heterocycles. The number of nitrogen functional groups attached to an aromatic ring is 1. The van der Waals surface area contributed by atoms with Gasteiger partial charge in [0.1, 0.15) is 5.69 Å². The molecule has 1 aliphatic heterocycles. The summed E-state index contributed by atoms with van der Waals surface area (Å²) in [6.45, 7) is 6.03. The van der Waals surface area contributed by atoms with Crippen molar-refractivity contribution in [1.29, 1.82) is 0 Å². The van der Waals surface area contributed by atoms with E-state index in [2.05, 4.69) is 34.0 Å². The van der Waals surface area contributed by atoms with Gasteiger partial charge in [-0.2, -0.15) is 0 Å². The molecule has 6 heteroatoms. The number of H-pyrrole nitrogens is 1. The Morgan fingerprint density at radius 2 is 2.28 bits per heavy atom. The summed E-state index contributed by atoms with van der Waals surface area (Å²) in [6, 6.07) is 0.762. The lowest BCUT2D eigenvalue weighted by atomic mass is 10.1. The third-order valence-corrected chi connectivity index (χ3v) is 3.60. The first-order valence-electron chi connectivity index (χ1n) is 6.50. The van der Waals surface area contributed by atoms with Crippen LogP contribution in [0.3, 0.4) is 0 Å². The van der Waals surface area contributed by atoms with Gasteiger partial charge < -0.3 is 20.9 Å². The van der Waals surface area contributed by atoms with Crippen LogP contribution in [0.1, 0.15) is 26.7 Å². The Labute approximate surface area is 107 Å². The van der Waals surface area contributed by atoms with E-state index in [1.807, 2.05) is 0 Å². The Kier molecular flexibility index (Phi) is 3.86. The van der Waals surface area contributed by atoms with Crippen LogP contribution in [0.5, 0.6) is 0 Å². The van der Waals surface area contributed by atoms with E-state index in [0.717, 1.165) is 25.9 Å². The van der Waals surface area contributed by atoms with Gasteiger partial charge in [-0.1, -0.05) is 13.8 Å². The molecule has 1 fully saturated rings. The molecule has 0 spiro atoms. The molecule has 2 unspecified atom stereocenters. The summed E-state index contributed by atoms with van der Waals surface area (Å²) in [5, 5.41) is 3.51. The molecule has 100 valence electrons. The molecule has 2 atom stereocenters. The average Bonchev–Trinajstić information content (AvgIpc) is 2.41. The summed E-state index contributed by atoms with van der Waals surface area (Å²) in [7, 11) is 0. The predicted octanol–water partition coefficient (Wildman–Crippen LogP) is 0.319. The maximum Gasteiger partial charge on any atom is 0.276 e. The minimum absolute atomic E-state index is 0.215. The van der Waals surface area contributed by atoms with Crippen LogP contribution in [0.2, 0.25) is 0 Å². The van der Waals surface area contributed by atoms with E-state index in [4.69, 9.17) is 5.73 Å². The molecule has 0 radical (unpaired) electrons. The number of aromatic nitrogens is 2. The monoisotopic (exact) mass is 251 g/mol. The number of piperazine rings is 1. The third kappa shape index (κ3) is 2.33. The molecular weight excluding hydrogens is 230 g/mol. The number of anilines is 2. The SMILES string of the molecule is CCC1CN(c2nc[nH]c(=O)c2N)C(CC)CN1. The van der Waals surface area contributed by atoms with Gasteiger partial charge in [-0.05, 0) is 12.8 Å². The zero-order valence-corrected chi connectivity index (χ0v) is 10.9. The standard InChI is InChI=1S/C12H21N5O/c1-3-8-6-17(9(4-2)5-14-8)11-10(13)12(18)16-7-15-11/h7-9,14H,3-6,13H2,1-2H3,(H,15,16,18). The van der Waals surface area contributed by atoms with E-state index in [-0.39, 0.29) is 11.2 Å². The number of nitrogens with zero attached hydrogens (tertiary/aromatic N) is 2. The number of rotatable bonds is 3. The molecule has 0 bridgehead atoms. The molecule has 0 saturated carbocycles. The smallest absolute Gasteiger partial charge is 0.276 e. The fourth-order valence-electron chi connectivity index (χ4n) is 2.39. The molecule has 0 aliphatic carbocycles. The summed E-state index contributed by atoms with van der Waals surface area (Å²) < 4.78 is 0. The zero-order valence-electron chi connectivity index (χ0n) is 10.9. The van der Waals surface area contributed by atoms with Gasteiger partial charge in [-0.3, -0.25) is 4.79 Å². The van der Waals surface area contributed by atoms with E-state index < -0.39 is 0 Å². The fraction of sp³-hybridized carbons (Fsp3) is 0.667. The maximum absolute atomic E-state index is 11.6. The van der Waals surface area contributed by atoms with Gasteiger partial charge in [-0.15, -0.1) is 0 Å². The molecule has 1 aromatic rings. The van der Waals surface area contributed by atoms with Gasteiger partial charge in [-0.25, -0.2) is 4.98 Å². The van der Waals surface area contributed by atoms with Crippen LogP contribution < -0.4 is 21.5 Å². The lowest BCUT2D eigenvalue weighted by Gasteiger charge is -2.40. The fourth-order valence-corrected chi connectivity index (χ4v) is 2.39.